The van der Waals surface area contributed by atoms with Crippen molar-refractivity contribution >= 4 is 5.97 Å². The second-order valence-corrected chi connectivity index (χ2v) is 7.15. The molecule has 3 heteroatoms. The molecule has 1 N–H and O–H groups in total. The molecular weight excluding hydrogens is 250 g/mol. The lowest BCUT2D eigenvalue weighted by Crippen LogP contribution is -2.47. The van der Waals surface area contributed by atoms with E-state index in [-0.39, 0.29) is 0 Å². The van der Waals surface area contributed by atoms with Gasteiger partial charge in [0.15, 0.2) is 0 Å². The quantitative estimate of drug-likeness (QED) is 0.794. The zero-order chi connectivity index (χ0) is 14.5. The molecule has 0 aromatic rings. The van der Waals surface area contributed by atoms with Crippen molar-refractivity contribution in [1.82, 2.24) is 4.90 Å². The predicted octanol–water partition coefficient (Wildman–Crippen LogP) is 3.92. The van der Waals surface area contributed by atoms with Crippen molar-refractivity contribution in [1.29, 1.82) is 0 Å². The van der Waals surface area contributed by atoms with Gasteiger partial charge in [0.25, 0.3) is 0 Å². The van der Waals surface area contributed by atoms with Gasteiger partial charge in [-0.05, 0) is 50.5 Å². The van der Waals surface area contributed by atoms with E-state index < -0.39 is 5.97 Å². The molecule has 0 aromatic heterocycles. The minimum absolute atomic E-state index is 0.293. The summed E-state index contributed by atoms with van der Waals surface area (Å²) in [5.74, 6) is 1.04. The second kappa shape index (κ2) is 7.44. The molecule has 1 aliphatic heterocycles. The number of hydrogen-bond donors (Lipinski definition) is 1. The number of carboxylic acids is 1. The molecule has 2 rings (SSSR count). The molecule has 3 nitrogen and oxygen atoms in total. The van der Waals surface area contributed by atoms with Crippen LogP contribution in [0.2, 0.25) is 0 Å². The van der Waals surface area contributed by atoms with E-state index in [1.807, 2.05) is 0 Å². The van der Waals surface area contributed by atoms with Crippen LogP contribution in [0.5, 0.6) is 0 Å². The Morgan fingerprint density at radius 2 is 1.90 bits per heavy atom. The minimum Gasteiger partial charge on any atom is -0.481 e. The van der Waals surface area contributed by atoms with Crippen LogP contribution >= 0.6 is 0 Å². The number of rotatable bonds is 4. The summed E-state index contributed by atoms with van der Waals surface area (Å²) in [6, 6.07) is 0.935. The molecule has 0 spiro atoms. The first kappa shape index (κ1) is 15.8. The summed E-state index contributed by atoms with van der Waals surface area (Å²) < 4.78 is 0. The third-order valence-electron chi connectivity index (χ3n) is 5.48. The van der Waals surface area contributed by atoms with Crippen LogP contribution in [0.4, 0.5) is 0 Å². The van der Waals surface area contributed by atoms with Gasteiger partial charge in [-0.15, -0.1) is 0 Å². The Labute approximate surface area is 123 Å². The van der Waals surface area contributed by atoms with E-state index >= 15 is 0 Å². The van der Waals surface area contributed by atoms with Crippen molar-refractivity contribution < 1.29 is 9.90 Å². The molecule has 1 saturated carbocycles. The lowest BCUT2D eigenvalue weighted by atomic mass is 9.88. The summed E-state index contributed by atoms with van der Waals surface area (Å²) in [5, 5.41) is 9.13. The van der Waals surface area contributed by atoms with Crippen LogP contribution in [-0.2, 0) is 4.79 Å². The van der Waals surface area contributed by atoms with Gasteiger partial charge in [0.05, 0.1) is 6.42 Å². The lowest BCUT2D eigenvalue weighted by molar-refractivity contribution is -0.139. The van der Waals surface area contributed by atoms with E-state index in [0.717, 1.165) is 24.8 Å². The third-order valence-corrected chi connectivity index (χ3v) is 5.48. The van der Waals surface area contributed by atoms with Crippen molar-refractivity contribution in [3.63, 3.8) is 0 Å². The average molecular weight is 281 g/mol. The number of hydrogen-bond acceptors (Lipinski definition) is 2. The molecule has 0 aromatic carbocycles. The second-order valence-electron chi connectivity index (χ2n) is 7.15. The fourth-order valence-electron chi connectivity index (χ4n) is 4.23. The first-order valence-electron chi connectivity index (χ1n) is 8.55. The number of carboxylic acid groups (broad SMARTS) is 1. The van der Waals surface area contributed by atoms with Crippen molar-refractivity contribution in [2.75, 3.05) is 6.54 Å². The molecule has 3 unspecified atom stereocenters. The van der Waals surface area contributed by atoms with Gasteiger partial charge in [-0.1, -0.05) is 33.1 Å². The molecule has 0 radical (unpaired) electrons. The fourth-order valence-corrected chi connectivity index (χ4v) is 4.23. The Kier molecular flexibility index (Phi) is 5.88. The van der Waals surface area contributed by atoms with Gasteiger partial charge in [0.1, 0.15) is 0 Å². The highest BCUT2D eigenvalue weighted by atomic mass is 16.4. The van der Waals surface area contributed by atoms with Crippen molar-refractivity contribution in [2.24, 2.45) is 11.8 Å². The van der Waals surface area contributed by atoms with Crippen LogP contribution in [0.15, 0.2) is 0 Å². The monoisotopic (exact) mass is 281 g/mol. The molecule has 0 bridgehead atoms. The summed E-state index contributed by atoms with van der Waals surface area (Å²) in [6.07, 6.45) is 10.4. The van der Waals surface area contributed by atoms with Crippen LogP contribution in [0.1, 0.15) is 71.6 Å². The van der Waals surface area contributed by atoms with Gasteiger partial charge in [-0.25, -0.2) is 0 Å². The summed E-state index contributed by atoms with van der Waals surface area (Å²) in [5.41, 5.74) is 0. The Bertz CT molecular complexity index is 316. The lowest BCUT2D eigenvalue weighted by Gasteiger charge is -2.40. The van der Waals surface area contributed by atoms with Gasteiger partial charge < -0.3 is 5.11 Å². The van der Waals surface area contributed by atoms with Crippen molar-refractivity contribution in [3.8, 4) is 0 Å². The van der Waals surface area contributed by atoms with Gasteiger partial charge in [-0.2, -0.15) is 0 Å². The largest absolute Gasteiger partial charge is 0.481 e. The van der Waals surface area contributed by atoms with Gasteiger partial charge in [-0.3, -0.25) is 9.69 Å². The van der Waals surface area contributed by atoms with Crippen LogP contribution < -0.4 is 0 Å². The van der Waals surface area contributed by atoms with E-state index in [2.05, 4.69) is 18.7 Å². The van der Waals surface area contributed by atoms with Crippen LogP contribution in [-0.4, -0.2) is 34.6 Å². The average Bonchev–Trinajstić information content (AvgIpc) is 2.64. The maximum Gasteiger partial charge on any atom is 0.304 e. The molecule has 0 amide bonds. The highest BCUT2D eigenvalue weighted by molar-refractivity contribution is 5.67. The summed E-state index contributed by atoms with van der Waals surface area (Å²) >= 11 is 0. The van der Waals surface area contributed by atoms with Crippen LogP contribution in [0, 0.1) is 11.8 Å². The molecule has 1 heterocycles. The highest BCUT2D eigenvalue weighted by Crippen LogP contribution is 2.33. The first-order chi connectivity index (χ1) is 9.58. The Morgan fingerprint density at radius 3 is 2.60 bits per heavy atom. The minimum atomic E-state index is -0.629. The number of carbonyl (C=O) groups is 1. The highest BCUT2D eigenvalue weighted by Gasteiger charge is 2.32. The SMILES string of the molecule is CC(C)C1CCCC(N2CCCCC2CC(=O)O)CC1. The Balaban J connectivity index is 1.95. The maximum atomic E-state index is 11.1. The number of nitrogens with zero attached hydrogens (tertiary/aromatic N) is 1. The Hall–Kier alpha value is -0.570. The number of piperidine rings is 1. The van der Waals surface area contributed by atoms with Crippen molar-refractivity contribution in [2.45, 2.75) is 83.7 Å². The Morgan fingerprint density at radius 1 is 1.10 bits per heavy atom. The first-order valence-corrected chi connectivity index (χ1v) is 8.55. The van der Waals surface area contributed by atoms with E-state index in [0.29, 0.717) is 18.5 Å². The molecule has 2 fully saturated rings. The zero-order valence-corrected chi connectivity index (χ0v) is 13.2. The van der Waals surface area contributed by atoms with Gasteiger partial charge in [0.2, 0.25) is 0 Å². The molecule has 20 heavy (non-hydrogen) atoms. The molecular formula is C17H31NO2. The van der Waals surface area contributed by atoms with Crippen LogP contribution in [0.3, 0.4) is 0 Å². The molecule has 1 aliphatic carbocycles. The molecule has 1 saturated heterocycles. The van der Waals surface area contributed by atoms with E-state index in [1.165, 1.54) is 44.9 Å². The summed E-state index contributed by atoms with van der Waals surface area (Å²) in [6.45, 7) is 5.81. The van der Waals surface area contributed by atoms with E-state index in [4.69, 9.17) is 5.11 Å². The molecule has 116 valence electrons. The van der Waals surface area contributed by atoms with Gasteiger partial charge >= 0.3 is 5.97 Å². The third kappa shape index (κ3) is 4.21. The molecule has 2 aliphatic rings. The predicted molar refractivity (Wildman–Crippen MR) is 81.8 cm³/mol. The van der Waals surface area contributed by atoms with Crippen LogP contribution in [0.25, 0.3) is 0 Å². The normalized spacial score (nSPS) is 33.0. The molecule has 3 atom stereocenters. The fraction of sp³-hybridized carbons (Fsp3) is 0.941. The van der Waals surface area contributed by atoms with E-state index in [9.17, 15) is 4.79 Å². The van der Waals surface area contributed by atoms with Crippen molar-refractivity contribution in [3.05, 3.63) is 0 Å². The zero-order valence-electron chi connectivity index (χ0n) is 13.2. The maximum absolute atomic E-state index is 11.1. The topological polar surface area (TPSA) is 40.5 Å². The number of aliphatic carboxylic acids is 1. The summed E-state index contributed by atoms with van der Waals surface area (Å²) in [4.78, 5) is 13.6. The van der Waals surface area contributed by atoms with E-state index in [1.54, 1.807) is 0 Å². The van der Waals surface area contributed by atoms with Gasteiger partial charge in [0, 0.05) is 12.1 Å². The standard InChI is InChI=1S/C17H31NO2/c1-13(2)14-6-5-8-15(10-9-14)18-11-4-3-7-16(18)12-17(19)20/h13-16H,3-12H2,1-2H3,(H,19,20). The smallest absolute Gasteiger partial charge is 0.304 e. The summed E-state index contributed by atoms with van der Waals surface area (Å²) in [7, 11) is 0. The number of likely N-dealkylation sites (tertiary alicyclic amines) is 1.